The molecule has 0 aliphatic rings. The second kappa shape index (κ2) is 12.1. The Kier molecular flexibility index (Phi) is 9.88. The summed E-state index contributed by atoms with van der Waals surface area (Å²) < 4.78 is 40.9. The summed E-state index contributed by atoms with van der Waals surface area (Å²) in [6.07, 6.45) is 0.860. The van der Waals surface area contributed by atoms with Gasteiger partial charge in [-0.25, -0.2) is 22.5 Å². The van der Waals surface area contributed by atoms with Crippen molar-refractivity contribution in [2.45, 2.75) is 24.4 Å². The van der Waals surface area contributed by atoms with Crippen molar-refractivity contribution in [2.24, 2.45) is 10.7 Å². The monoisotopic (exact) mass is 574 g/mol. The summed E-state index contributed by atoms with van der Waals surface area (Å²) in [6.45, 7) is 0.933. The quantitative estimate of drug-likeness (QED) is 0.207. The van der Waals surface area contributed by atoms with Gasteiger partial charge in [-0.05, 0) is 53.3 Å². The lowest BCUT2D eigenvalue weighted by Gasteiger charge is -2.09. The number of halogens is 2. The Labute approximate surface area is 202 Å². The van der Waals surface area contributed by atoms with Crippen LogP contribution >= 0.6 is 35.3 Å². The summed E-state index contributed by atoms with van der Waals surface area (Å²) in [6, 6.07) is 16.4. The van der Waals surface area contributed by atoms with Crippen molar-refractivity contribution in [1.29, 1.82) is 0 Å². The largest absolute Gasteiger partial charge is 0.370 e. The summed E-state index contributed by atoms with van der Waals surface area (Å²) in [5, 5.41) is 5.08. The average Bonchev–Trinajstić information content (AvgIpc) is 3.25. The predicted molar refractivity (Wildman–Crippen MR) is 134 cm³/mol. The summed E-state index contributed by atoms with van der Waals surface area (Å²) in [4.78, 5) is 5.65. The van der Waals surface area contributed by atoms with E-state index in [1.165, 1.54) is 29.1 Å². The zero-order chi connectivity index (χ0) is 21.4. The zero-order valence-electron chi connectivity index (χ0n) is 16.6. The topological polar surface area (TPSA) is 96.6 Å². The maximum atomic E-state index is 13.3. The highest BCUT2D eigenvalue weighted by atomic mass is 127. The molecule has 10 heteroatoms. The number of hydrogen-bond acceptors (Lipinski definition) is 4. The molecule has 0 saturated carbocycles. The van der Waals surface area contributed by atoms with E-state index in [0.717, 1.165) is 6.42 Å². The number of nitrogens with one attached hydrogen (secondary N) is 2. The van der Waals surface area contributed by atoms with Crippen LogP contribution in [0, 0.1) is 5.82 Å². The van der Waals surface area contributed by atoms with Crippen molar-refractivity contribution in [2.75, 3.05) is 6.54 Å². The molecule has 0 unspecified atom stereocenters. The molecular formula is C21H24FIN4O2S2. The van der Waals surface area contributed by atoms with E-state index in [-0.39, 0.29) is 42.0 Å². The lowest BCUT2D eigenvalue weighted by molar-refractivity contribution is 0.580. The van der Waals surface area contributed by atoms with E-state index < -0.39 is 15.8 Å². The molecule has 1 aromatic heterocycles. The molecule has 0 saturated heterocycles. The summed E-state index contributed by atoms with van der Waals surface area (Å²) in [7, 11) is -3.74. The molecule has 0 spiro atoms. The molecule has 0 amide bonds. The van der Waals surface area contributed by atoms with Crippen molar-refractivity contribution in [3.8, 4) is 0 Å². The number of hydrogen-bond donors (Lipinski definition) is 3. The first kappa shape index (κ1) is 25.2. The fraction of sp³-hybridized carbons (Fsp3) is 0.190. The Morgan fingerprint density at radius 1 is 1.06 bits per heavy atom. The van der Waals surface area contributed by atoms with Crippen molar-refractivity contribution in [1.82, 2.24) is 10.0 Å². The Hall–Kier alpha value is -2.02. The van der Waals surface area contributed by atoms with E-state index in [2.05, 4.69) is 21.1 Å². The van der Waals surface area contributed by atoms with Crippen LogP contribution in [0.15, 0.2) is 75.9 Å². The first-order valence-electron chi connectivity index (χ1n) is 9.31. The van der Waals surface area contributed by atoms with Crippen molar-refractivity contribution < 1.29 is 12.8 Å². The van der Waals surface area contributed by atoms with Gasteiger partial charge >= 0.3 is 0 Å². The molecular weight excluding hydrogens is 550 g/mol. The van der Waals surface area contributed by atoms with Gasteiger partial charge in [0.25, 0.3) is 0 Å². The first-order chi connectivity index (χ1) is 14.4. The van der Waals surface area contributed by atoms with Crippen LogP contribution in [0.25, 0.3) is 0 Å². The highest BCUT2D eigenvalue weighted by Gasteiger charge is 2.14. The lowest BCUT2D eigenvalue weighted by Crippen LogP contribution is -2.33. The zero-order valence-corrected chi connectivity index (χ0v) is 20.6. The minimum atomic E-state index is -3.74. The molecule has 0 bridgehead atoms. The van der Waals surface area contributed by atoms with Crippen LogP contribution in [0.1, 0.15) is 16.0 Å². The van der Waals surface area contributed by atoms with E-state index in [1.807, 2.05) is 11.4 Å². The predicted octanol–water partition coefficient (Wildman–Crippen LogP) is 3.63. The molecule has 0 radical (unpaired) electrons. The van der Waals surface area contributed by atoms with Crippen LogP contribution in [0.4, 0.5) is 4.39 Å². The Morgan fingerprint density at radius 2 is 1.84 bits per heavy atom. The van der Waals surface area contributed by atoms with Gasteiger partial charge in [0.05, 0.1) is 11.4 Å². The number of aliphatic imine (C=N–C) groups is 1. The normalized spacial score (nSPS) is 11.7. The Morgan fingerprint density at radius 3 is 2.58 bits per heavy atom. The van der Waals surface area contributed by atoms with E-state index in [1.54, 1.807) is 35.6 Å². The van der Waals surface area contributed by atoms with Crippen molar-refractivity contribution in [3.63, 3.8) is 0 Å². The smallest absolute Gasteiger partial charge is 0.240 e. The minimum Gasteiger partial charge on any atom is -0.370 e. The highest BCUT2D eigenvalue weighted by Crippen LogP contribution is 2.13. The second-order valence-electron chi connectivity index (χ2n) is 6.56. The Balaban J connectivity index is 0.00000341. The maximum absolute atomic E-state index is 13.3. The molecule has 31 heavy (non-hydrogen) atoms. The first-order valence-corrected chi connectivity index (χ1v) is 11.7. The van der Waals surface area contributed by atoms with Gasteiger partial charge in [0.1, 0.15) is 5.82 Å². The van der Waals surface area contributed by atoms with Crippen LogP contribution in [-0.4, -0.2) is 20.9 Å². The number of rotatable bonds is 9. The molecule has 0 aliphatic carbocycles. The number of nitrogens with zero attached hydrogens (tertiary/aromatic N) is 1. The second-order valence-corrected chi connectivity index (χ2v) is 9.36. The van der Waals surface area contributed by atoms with Crippen molar-refractivity contribution in [3.05, 3.63) is 87.9 Å². The molecule has 4 N–H and O–H groups in total. The van der Waals surface area contributed by atoms with Gasteiger partial charge in [0.15, 0.2) is 5.96 Å². The van der Waals surface area contributed by atoms with Gasteiger partial charge < -0.3 is 11.1 Å². The van der Waals surface area contributed by atoms with Gasteiger partial charge in [-0.2, -0.15) is 0 Å². The molecule has 0 aliphatic heterocycles. The molecule has 6 nitrogen and oxygen atoms in total. The molecule has 2 aromatic carbocycles. The molecule has 3 rings (SSSR count). The Bertz CT molecular complexity index is 1110. The lowest BCUT2D eigenvalue weighted by atomic mass is 10.2. The van der Waals surface area contributed by atoms with Gasteiger partial charge in [-0.1, -0.05) is 30.3 Å². The van der Waals surface area contributed by atoms with Gasteiger partial charge in [-0.3, -0.25) is 0 Å². The molecule has 0 fully saturated rings. The minimum absolute atomic E-state index is 0. The molecule has 1 heterocycles. The number of nitrogens with two attached hydrogens (primary N) is 1. The number of benzene rings is 2. The number of sulfonamides is 1. The maximum Gasteiger partial charge on any atom is 0.240 e. The molecule has 0 atom stereocenters. The van der Waals surface area contributed by atoms with E-state index >= 15 is 0 Å². The standard InChI is InChI=1S/C21H23FN4O2S2.HI/c22-18-6-1-4-16(12-18)15-26-30(27,28)20-8-2-5-17(13-20)14-25-21(23)24-10-9-19-7-3-11-29-19;/h1-8,11-13,26H,9-10,14-15H2,(H3,23,24,25);1H. The summed E-state index contributed by atoms with van der Waals surface area (Å²) in [5.74, 6) is -0.0998. The third-order valence-corrected chi connectivity index (χ3v) is 6.59. The average molecular weight is 574 g/mol. The summed E-state index contributed by atoms with van der Waals surface area (Å²) in [5.41, 5.74) is 7.15. The van der Waals surface area contributed by atoms with Crippen molar-refractivity contribution >= 4 is 51.3 Å². The van der Waals surface area contributed by atoms with Crippen LogP contribution in [0.5, 0.6) is 0 Å². The summed E-state index contributed by atoms with van der Waals surface area (Å²) >= 11 is 1.69. The molecule has 3 aromatic rings. The van der Waals surface area contributed by atoms with E-state index in [4.69, 9.17) is 5.73 Å². The van der Waals surface area contributed by atoms with Crippen LogP contribution < -0.4 is 15.8 Å². The SMILES string of the molecule is I.NC(=NCc1cccc(S(=O)(=O)NCc2cccc(F)c2)c1)NCCc1cccs1. The third-order valence-electron chi connectivity index (χ3n) is 4.25. The van der Waals surface area contributed by atoms with Gasteiger partial charge in [-0.15, -0.1) is 35.3 Å². The highest BCUT2D eigenvalue weighted by molar-refractivity contribution is 14.0. The fourth-order valence-electron chi connectivity index (χ4n) is 2.72. The van der Waals surface area contributed by atoms with Crippen LogP contribution in [0.3, 0.4) is 0 Å². The number of guanidine groups is 1. The van der Waals surface area contributed by atoms with Crippen LogP contribution in [0.2, 0.25) is 0 Å². The van der Waals surface area contributed by atoms with E-state index in [9.17, 15) is 12.8 Å². The van der Waals surface area contributed by atoms with Gasteiger partial charge in [0.2, 0.25) is 10.0 Å². The fourth-order valence-corrected chi connectivity index (χ4v) is 4.52. The number of thiophene rings is 1. The van der Waals surface area contributed by atoms with Crippen LogP contribution in [-0.2, 0) is 29.5 Å². The van der Waals surface area contributed by atoms with Gasteiger partial charge in [0, 0.05) is 18.0 Å². The van der Waals surface area contributed by atoms with E-state index in [0.29, 0.717) is 23.6 Å². The molecule has 166 valence electrons. The third kappa shape index (κ3) is 8.20.